The van der Waals surface area contributed by atoms with Crippen LogP contribution >= 0.6 is 0 Å². The van der Waals surface area contributed by atoms with Crippen molar-refractivity contribution in [3.05, 3.63) is 72.9 Å². The third-order valence-electron chi connectivity index (χ3n) is 3.59. The van der Waals surface area contributed by atoms with E-state index in [4.69, 9.17) is 0 Å². The average molecular weight is 282 g/mol. The van der Waals surface area contributed by atoms with E-state index >= 15 is 0 Å². The van der Waals surface area contributed by atoms with E-state index in [-0.39, 0.29) is 0 Å². The maximum Gasteiger partial charge on any atom is -0.0169 e. The zero-order valence-corrected chi connectivity index (χ0v) is 13.3. The van der Waals surface area contributed by atoms with Gasteiger partial charge in [0.2, 0.25) is 0 Å². The molecule has 0 radical (unpaired) electrons. The second kappa shape index (κ2) is 13.4. The highest BCUT2D eigenvalue weighted by Gasteiger charge is 1.92. The van der Waals surface area contributed by atoms with Gasteiger partial charge in [0.05, 0.1) is 0 Å². The van der Waals surface area contributed by atoms with Crippen LogP contribution in [0.25, 0.3) is 0 Å². The van der Waals surface area contributed by atoms with Crippen molar-refractivity contribution in [2.24, 2.45) is 0 Å². The van der Waals surface area contributed by atoms with Crippen molar-refractivity contribution < 1.29 is 0 Å². The molecule has 114 valence electrons. The van der Waals surface area contributed by atoms with Crippen LogP contribution in [0.3, 0.4) is 0 Å². The predicted octanol–water partition coefficient (Wildman–Crippen LogP) is 6.65. The lowest BCUT2D eigenvalue weighted by atomic mass is 10.0. The van der Waals surface area contributed by atoms with Crippen LogP contribution in [0, 0.1) is 0 Å². The molecule has 21 heavy (non-hydrogen) atoms. The van der Waals surface area contributed by atoms with Crippen molar-refractivity contribution in [2.45, 2.75) is 57.8 Å². The highest BCUT2D eigenvalue weighted by Crippen LogP contribution is 2.10. The van der Waals surface area contributed by atoms with Crippen molar-refractivity contribution in [3.63, 3.8) is 0 Å². The third-order valence-corrected chi connectivity index (χ3v) is 3.59. The highest BCUT2D eigenvalue weighted by atomic mass is 14.0. The highest BCUT2D eigenvalue weighted by molar-refractivity contribution is 5.14. The van der Waals surface area contributed by atoms with Gasteiger partial charge in [0.1, 0.15) is 0 Å². The Morgan fingerprint density at radius 3 is 2.19 bits per heavy atom. The monoisotopic (exact) mass is 282 g/mol. The second-order valence-electron chi connectivity index (χ2n) is 5.49. The fourth-order valence-electron chi connectivity index (χ4n) is 2.35. The van der Waals surface area contributed by atoms with Gasteiger partial charge in [-0.15, -0.1) is 6.58 Å². The quantitative estimate of drug-likeness (QED) is 0.297. The van der Waals surface area contributed by atoms with Gasteiger partial charge in [-0.3, -0.25) is 0 Å². The Morgan fingerprint density at radius 1 is 0.714 bits per heavy atom. The molecule has 0 N–H and O–H groups in total. The Morgan fingerprint density at radius 2 is 1.38 bits per heavy atom. The fourth-order valence-corrected chi connectivity index (χ4v) is 2.35. The Kier molecular flexibility index (Phi) is 11.2. The Balaban J connectivity index is 1.86. The first-order valence-electron chi connectivity index (χ1n) is 8.38. The molecule has 0 aliphatic heterocycles. The summed E-state index contributed by atoms with van der Waals surface area (Å²) in [5.41, 5.74) is 1.48. The number of benzene rings is 1. The molecule has 0 aliphatic carbocycles. The fraction of sp³-hybridized carbons (Fsp3) is 0.429. The van der Waals surface area contributed by atoms with Crippen LogP contribution < -0.4 is 0 Å². The minimum absolute atomic E-state index is 0.983. The SMILES string of the molecule is C=CC/C=C/C/C=C/CCCCCCCc1ccccc1. The molecule has 0 aromatic heterocycles. The Hall–Kier alpha value is -1.56. The van der Waals surface area contributed by atoms with Gasteiger partial charge in [0.25, 0.3) is 0 Å². The molecule has 0 saturated heterocycles. The topological polar surface area (TPSA) is 0 Å². The molecule has 0 saturated carbocycles. The van der Waals surface area contributed by atoms with Crippen molar-refractivity contribution >= 4 is 0 Å². The number of hydrogen-bond acceptors (Lipinski definition) is 0. The van der Waals surface area contributed by atoms with Crippen LogP contribution in [0.5, 0.6) is 0 Å². The molecule has 1 rings (SSSR count). The Labute approximate surface area is 131 Å². The van der Waals surface area contributed by atoms with Crippen molar-refractivity contribution in [1.82, 2.24) is 0 Å². The lowest BCUT2D eigenvalue weighted by molar-refractivity contribution is 0.617. The van der Waals surface area contributed by atoms with Crippen LogP contribution in [0.1, 0.15) is 56.9 Å². The molecule has 0 bridgehead atoms. The first-order valence-corrected chi connectivity index (χ1v) is 8.38. The van der Waals surface area contributed by atoms with Gasteiger partial charge >= 0.3 is 0 Å². The third kappa shape index (κ3) is 10.8. The first kappa shape index (κ1) is 17.5. The maximum atomic E-state index is 3.70. The van der Waals surface area contributed by atoms with Gasteiger partial charge in [-0.25, -0.2) is 0 Å². The van der Waals surface area contributed by atoms with Gasteiger partial charge in [0.15, 0.2) is 0 Å². The zero-order valence-electron chi connectivity index (χ0n) is 13.3. The normalized spacial score (nSPS) is 11.4. The number of aryl methyl sites for hydroxylation is 1. The van der Waals surface area contributed by atoms with Gasteiger partial charge in [-0.2, -0.15) is 0 Å². The van der Waals surface area contributed by atoms with E-state index in [0.29, 0.717) is 0 Å². The summed E-state index contributed by atoms with van der Waals surface area (Å²) >= 11 is 0. The number of unbranched alkanes of at least 4 members (excludes halogenated alkanes) is 5. The minimum atomic E-state index is 0.983. The molecule has 0 aliphatic rings. The number of rotatable bonds is 12. The minimum Gasteiger partial charge on any atom is -0.103 e. The molecule has 0 amide bonds. The predicted molar refractivity (Wildman–Crippen MR) is 95.6 cm³/mol. The lowest BCUT2D eigenvalue weighted by Crippen LogP contribution is -1.85. The second-order valence-corrected chi connectivity index (χ2v) is 5.49. The standard InChI is InChI=1S/C21H30/c1-2-3-4-5-6-7-8-9-10-11-12-13-15-18-21-19-16-14-17-20-21/h2,4-5,7-8,14,16-17,19-20H,1,3,6,9-13,15,18H2/b5-4+,8-7+. The van der Waals surface area contributed by atoms with Crippen molar-refractivity contribution in [3.8, 4) is 0 Å². The van der Waals surface area contributed by atoms with E-state index in [2.05, 4.69) is 61.2 Å². The molecule has 0 nitrogen and oxygen atoms in total. The Bertz CT molecular complexity index is 397. The molecule has 0 unspecified atom stereocenters. The van der Waals surface area contributed by atoms with E-state index in [0.717, 1.165) is 12.8 Å². The summed E-state index contributed by atoms with van der Waals surface area (Å²) in [6.45, 7) is 3.70. The van der Waals surface area contributed by atoms with Gasteiger partial charge in [-0.1, -0.05) is 80.0 Å². The summed E-state index contributed by atoms with van der Waals surface area (Å²) in [6.07, 6.45) is 22.2. The van der Waals surface area contributed by atoms with Crippen LogP contribution in [0.15, 0.2) is 67.3 Å². The molecule has 0 fully saturated rings. The summed E-state index contributed by atoms with van der Waals surface area (Å²) in [5.74, 6) is 0. The van der Waals surface area contributed by atoms with Gasteiger partial charge in [-0.05, 0) is 44.1 Å². The van der Waals surface area contributed by atoms with Crippen LogP contribution in [0.2, 0.25) is 0 Å². The first-order chi connectivity index (χ1) is 10.4. The molecular weight excluding hydrogens is 252 g/mol. The van der Waals surface area contributed by atoms with Crippen molar-refractivity contribution in [1.29, 1.82) is 0 Å². The van der Waals surface area contributed by atoms with Crippen LogP contribution in [-0.2, 0) is 6.42 Å². The van der Waals surface area contributed by atoms with Crippen molar-refractivity contribution in [2.75, 3.05) is 0 Å². The molecule has 0 heteroatoms. The summed E-state index contributed by atoms with van der Waals surface area (Å²) < 4.78 is 0. The number of hydrogen-bond donors (Lipinski definition) is 0. The summed E-state index contributed by atoms with van der Waals surface area (Å²) in [6, 6.07) is 10.8. The molecule has 0 spiro atoms. The maximum absolute atomic E-state index is 3.70. The van der Waals surface area contributed by atoms with E-state index in [9.17, 15) is 0 Å². The summed E-state index contributed by atoms with van der Waals surface area (Å²) in [4.78, 5) is 0. The smallest absolute Gasteiger partial charge is 0.0169 e. The zero-order chi connectivity index (χ0) is 15.0. The largest absolute Gasteiger partial charge is 0.103 e. The summed E-state index contributed by atoms with van der Waals surface area (Å²) in [7, 11) is 0. The average Bonchev–Trinajstić information content (AvgIpc) is 2.53. The summed E-state index contributed by atoms with van der Waals surface area (Å²) in [5, 5.41) is 0. The van der Waals surface area contributed by atoms with E-state index in [1.54, 1.807) is 0 Å². The van der Waals surface area contributed by atoms with E-state index in [1.165, 1.54) is 50.5 Å². The van der Waals surface area contributed by atoms with E-state index < -0.39 is 0 Å². The van der Waals surface area contributed by atoms with Crippen LogP contribution in [-0.4, -0.2) is 0 Å². The van der Waals surface area contributed by atoms with Gasteiger partial charge in [0, 0.05) is 0 Å². The molecule has 0 atom stereocenters. The van der Waals surface area contributed by atoms with E-state index in [1.807, 2.05) is 6.08 Å². The molecule has 1 aromatic carbocycles. The number of allylic oxidation sites excluding steroid dienone is 5. The lowest BCUT2D eigenvalue weighted by Gasteiger charge is -2.01. The van der Waals surface area contributed by atoms with Crippen LogP contribution in [0.4, 0.5) is 0 Å². The molecule has 1 aromatic rings. The molecular formula is C21H30. The van der Waals surface area contributed by atoms with Gasteiger partial charge < -0.3 is 0 Å². The molecule has 0 heterocycles.